The highest BCUT2D eigenvalue weighted by Crippen LogP contribution is 2.30. The SMILES string of the molecule is CCCOC(c1ccc(Br)s1)C(C)N. The Balaban J connectivity index is 2.67. The molecule has 2 N–H and O–H groups in total. The summed E-state index contributed by atoms with van der Waals surface area (Å²) in [6, 6.07) is 4.13. The molecule has 1 aromatic rings. The molecule has 0 amide bonds. The van der Waals surface area contributed by atoms with Crippen LogP contribution in [0.4, 0.5) is 0 Å². The summed E-state index contributed by atoms with van der Waals surface area (Å²) in [6.45, 7) is 4.85. The predicted molar refractivity (Wildman–Crippen MR) is 64.7 cm³/mol. The molecule has 2 atom stereocenters. The molecule has 0 bridgehead atoms. The lowest BCUT2D eigenvalue weighted by molar-refractivity contribution is 0.0412. The van der Waals surface area contributed by atoms with Crippen molar-refractivity contribution in [3.63, 3.8) is 0 Å². The zero-order chi connectivity index (χ0) is 10.6. The summed E-state index contributed by atoms with van der Waals surface area (Å²) < 4.78 is 6.84. The van der Waals surface area contributed by atoms with Gasteiger partial charge in [0.1, 0.15) is 6.10 Å². The van der Waals surface area contributed by atoms with Gasteiger partial charge in [0.25, 0.3) is 0 Å². The molecule has 1 rings (SSSR count). The van der Waals surface area contributed by atoms with Crippen LogP contribution in [-0.4, -0.2) is 12.6 Å². The van der Waals surface area contributed by atoms with E-state index in [4.69, 9.17) is 10.5 Å². The zero-order valence-electron chi connectivity index (χ0n) is 8.50. The Hall–Kier alpha value is 0.1000. The summed E-state index contributed by atoms with van der Waals surface area (Å²) in [6.07, 6.45) is 1.06. The molecule has 14 heavy (non-hydrogen) atoms. The first-order valence-electron chi connectivity index (χ1n) is 4.77. The van der Waals surface area contributed by atoms with E-state index in [1.807, 2.05) is 13.0 Å². The van der Waals surface area contributed by atoms with Gasteiger partial charge >= 0.3 is 0 Å². The van der Waals surface area contributed by atoms with Gasteiger partial charge in [-0.25, -0.2) is 0 Å². The molecule has 0 radical (unpaired) electrons. The van der Waals surface area contributed by atoms with Crippen LogP contribution in [0, 0.1) is 0 Å². The molecule has 0 saturated carbocycles. The largest absolute Gasteiger partial charge is 0.371 e. The summed E-state index contributed by atoms with van der Waals surface area (Å²) in [4.78, 5) is 1.19. The summed E-state index contributed by atoms with van der Waals surface area (Å²) >= 11 is 5.13. The number of nitrogens with two attached hydrogens (primary N) is 1. The minimum absolute atomic E-state index is 0.0336. The van der Waals surface area contributed by atoms with Gasteiger partial charge in [0.05, 0.1) is 3.79 Å². The van der Waals surface area contributed by atoms with Crippen LogP contribution in [0.15, 0.2) is 15.9 Å². The van der Waals surface area contributed by atoms with Crippen LogP contribution in [0.1, 0.15) is 31.2 Å². The lowest BCUT2D eigenvalue weighted by Gasteiger charge is -2.19. The van der Waals surface area contributed by atoms with E-state index in [0.717, 1.165) is 16.8 Å². The molecule has 0 aliphatic carbocycles. The van der Waals surface area contributed by atoms with Gasteiger partial charge in [0.15, 0.2) is 0 Å². The number of hydrogen-bond acceptors (Lipinski definition) is 3. The van der Waals surface area contributed by atoms with Crippen molar-refractivity contribution in [2.45, 2.75) is 32.4 Å². The van der Waals surface area contributed by atoms with Crippen molar-refractivity contribution in [3.8, 4) is 0 Å². The average Bonchev–Trinajstić information content (AvgIpc) is 2.52. The molecule has 1 aromatic heterocycles. The van der Waals surface area contributed by atoms with Crippen molar-refractivity contribution >= 4 is 27.3 Å². The van der Waals surface area contributed by atoms with Gasteiger partial charge in [-0.15, -0.1) is 11.3 Å². The van der Waals surface area contributed by atoms with E-state index in [-0.39, 0.29) is 12.1 Å². The maximum absolute atomic E-state index is 5.89. The first-order chi connectivity index (χ1) is 6.65. The van der Waals surface area contributed by atoms with Crippen LogP contribution in [0.25, 0.3) is 0 Å². The van der Waals surface area contributed by atoms with Gasteiger partial charge in [-0.2, -0.15) is 0 Å². The highest BCUT2D eigenvalue weighted by Gasteiger charge is 2.18. The van der Waals surface area contributed by atoms with Crippen molar-refractivity contribution in [1.29, 1.82) is 0 Å². The smallest absolute Gasteiger partial charge is 0.106 e. The summed E-state index contributed by atoms with van der Waals surface area (Å²) in [5.41, 5.74) is 5.89. The lowest BCUT2D eigenvalue weighted by atomic mass is 10.1. The number of thiophene rings is 1. The molecule has 0 saturated heterocycles. The van der Waals surface area contributed by atoms with Gasteiger partial charge in [0.2, 0.25) is 0 Å². The monoisotopic (exact) mass is 277 g/mol. The summed E-state index contributed by atoms with van der Waals surface area (Å²) in [5, 5.41) is 0. The van der Waals surface area contributed by atoms with Gasteiger partial charge in [0, 0.05) is 17.5 Å². The Morgan fingerprint density at radius 2 is 2.29 bits per heavy atom. The zero-order valence-corrected chi connectivity index (χ0v) is 10.9. The molecule has 2 unspecified atom stereocenters. The Kier molecular flexibility index (Phi) is 5.09. The topological polar surface area (TPSA) is 35.2 Å². The van der Waals surface area contributed by atoms with E-state index in [0.29, 0.717) is 0 Å². The third kappa shape index (κ3) is 3.35. The number of halogens is 1. The third-order valence-corrected chi connectivity index (χ3v) is 3.54. The molecule has 0 spiro atoms. The summed E-state index contributed by atoms with van der Waals surface area (Å²) in [5.74, 6) is 0. The Bertz CT molecular complexity index is 275. The molecule has 4 heteroatoms. The molecule has 2 nitrogen and oxygen atoms in total. The molecule has 0 fully saturated rings. The van der Waals surface area contributed by atoms with Crippen LogP contribution >= 0.6 is 27.3 Å². The van der Waals surface area contributed by atoms with E-state index in [2.05, 4.69) is 28.9 Å². The molecule has 0 aliphatic heterocycles. The van der Waals surface area contributed by atoms with Crippen LogP contribution in [0.5, 0.6) is 0 Å². The van der Waals surface area contributed by atoms with Crippen LogP contribution in [-0.2, 0) is 4.74 Å². The average molecular weight is 278 g/mol. The Morgan fingerprint density at radius 1 is 1.57 bits per heavy atom. The quantitative estimate of drug-likeness (QED) is 0.896. The van der Waals surface area contributed by atoms with Crippen molar-refractivity contribution in [1.82, 2.24) is 0 Å². The Labute approximate surface area is 97.6 Å². The highest BCUT2D eigenvalue weighted by atomic mass is 79.9. The second-order valence-corrected chi connectivity index (χ2v) is 5.79. The Morgan fingerprint density at radius 3 is 2.71 bits per heavy atom. The van der Waals surface area contributed by atoms with E-state index < -0.39 is 0 Å². The van der Waals surface area contributed by atoms with E-state index in [1.54, 1.807) is 11.3 Å². The van der Waals surface area contributed by atoms with Gasteiger partial charge in [-0.05, 0) is 41.4 Å². The van der Waals surface area contributed by atoms with Crippen LogP contribution in [0.3, 0.4) is 0 Å². The number of hydrogen-bond donors (Lipinski definition) is 1. The fourth-order valence-electron chi connectivity index (χ4n) is 1.22. The molecular weight excluding hydrogens is 262 g/mol. The molecular formula is C10H16BrNOS. The highest BCUT2D eigenvalue weighted by molar-refractivity contribution is 9.11. The normalized spacial score (nSPS) is 15.4. The minimum atomic E-state index is 0.0336. The standard InChI is InChI=1S/C10H16BrNOS/c1-3-6-13-10(7(2)12)8-4-5-9(11)14-8/h4-5,7,10H,3,6,12H2,1-2H3. The maximum atomic E-state index is 5.89. The van der Waals surface area contributed by atoms with E-state index in [9.17, 15) is 0 Å². The maximum Gasteiger partial charge on any atom is 0.106 e. The molecule has 0 aliphatic rings. The third-order valence-electron chi connectivity index (χ3n) is 1.85. The fraction of sp³-hybridized carbons (Fsp3) is 0.600. The van der Waals surface area contributed by atoms with Gasteiger partial charge in [-0.1, -0.05) is 6.92 Å². The van der Waals surface area contributed by atoms with Crippen molar-refractivity contribution in [2.75, 3.05) is 6.61 Å². The van der Waals surface area contributed by atoms with E-state index in [1.165, 1.54) is 4.88 Å². The lowest BCUT2D eigenvalue weighted by Crippen LogP contribution is -2.26. The first-order valence-corrected chi connectivity index (χ1v) is 6.38. The fourth-order valence-corrected chi connectivity index (χ4v) is 2.81. The van der Waals surface area contributed by atoms with E-state index >= 15 is 0 Å². The number of ether oxygens (including phenoxy) is 1. The summed E-state index contributed by atoms with van der Waals surface area (Å²) in [7, 11) is 0. The minimum Gasteiger partial charge on any atom is -0.371 e. The van der Waals surface area contributed by atoms with Crippen LogP contribution in [0.2, 0.25) is 0 Å². The van der Waals surface area contributed by atoms with Crippen molar-refractivity contribution in [2.24, 2.45) is 5.73 Å². The molecule has 0 aromatic carbocycles. The molecule has 1 heterocycles. The van der Waals surface area contributed by atoms with Crippen LogP contribution < -0.4 is 5.73 Å². The first kappa shape index (κ1) is 12.2. The van der Waals surface area contributed by atoms with Gasteiger partial charge in [-0.3, -0.25) is 0 Å². The molecule has 80 valence electrons. The van der Waals surface area contributed by atoms with Gasteiger partial charge < -0.3 is 10.5 Å². The van der Waals surface area contributed by atoms with Crippen molar-refractivity contribution < 1.29 is 4.74 Å². The number of rotatable bonds is 5. The predicted octanol–water partition coefficient (Wildman–Crippen LogP) is 3.33. The second kappa shape index (κ2) is 5.85. The van der Waals surface area contributed by atoms with Crippen molar-refractivity contribution in [3.05, 3.63) is 20.8 Å². The second-order valence-electron chi connectivity index (χ2n) is 3.29.